The van der Waals surface area contributed by atoms with Crippen LogP contribution in [0.3, 0.4) is 0 Å². The van der Waals surface area contributed by atoms with Crippen LogP contribution in [0.1, 0.15) is 24.1 Å². The number of hydrogen-bond acceptors (Lipinski definition) is 1. The van der Waals surface area contributed by atoms with Gasteiger partial charge in [-0.1, -0.05) is 41.9 Å². The number of halogens is 1. The third kappa shape index (κ3) is 2.51. The zero-order chi connectivity index (χ0) is 16.5. The maximum atomic E-state index is 6.26. The molecule has 2 aromatic heterocycles. The molecule has 0 spiro atoms. The second-order valence-corrected chi connectivity index (χ2v) is 6.29. The van der Waals surface area contributed by atoms with Crippen molar-refractivity contribution in [1.82, 2.24) is 14.1 Å². The normalized spacial score (nSPS) is 12.6. The molecule has 4 rings (SSSR count). The molecule has 1 atom stereocenters. The van der Waals surface area contributed by atoms with E-state index < -0.39 is 0 Å². The summed E-state index contributed by atoms with van der Waals surface area (Å²) < 4.78 is 4.42. The Morgan fingerprint density at radius 2 is 2.00 bits per heavy atom. The quantitative estimate of drug-likeness (QED) is 0.505. The Labute approximate surface area is 146 Å². The first-order valence-corrected chi connectivity index (χ1v) is 8.46. The molecule has 2 aromatic carbocycles. The van der Waals surface area contributed by atoms with Crippen LogP contribution in [-0.4, -0.2) is 14.1 Å². The second kappa shape index (κ2) is 6.17. The average Bonchev–Trinajstić information content (AvgIpc) is 3.24. The Morgan fingerprint density at radius 1 is 1.12 bits per heavy atom. The van der Waals surface area contributed by atoms with E-state index in [0.717, 1.165) is 17.1 Å². The molecule has 2 heterocycles. The van der Waals surface area contributed by atoms with Crippen LogP contribution in [0.25, 0.3) is 10.9 Å². The van der Waals surface area contributed by atoms with Crippen molar-refractivity contribution in [3.05, 3.63) is 89.6 Å². The average molecular weight is 336 g/mol. The summed E-state index contributed by atoms with van der Waals surface area (Å²) in [6, 6.07) is 16.6. The minimum absolute atomic E-state index is 0.0453. The fourth-order valence-electron chi connectivity index (χ4n) is 3.37. The van der Waals surface area contributed by atoms with Crippen molar-refractivity contribution in [2.45, 2.75) is 19.5 Å². The van der Waals surface area contributed by atoms with Gasteiger partial charge in [-0.25, -0.2) is 4.98 Å². The molecular formula is C20H18ClN3. The standard InChI is InChI=1S/C20H18ClN3/c1-2-23-13-18(17-8-3-4-9-19(17)23)20(24-11-10-22-14-24)15-6-5-7-16(21)12-15/h3-14,20H,2H2,1H3. The smallest absolute Gasteiger partial charge is 0.0954 e. The molecule has 1 unspecified atom stereocenters. The maximum Gasteiger partial charge on any atom is 0.0954 e. The van der Waals surface area contributed by atoms with Crippen LogP contribution in [0.15, 0.2) is 73.4 Å². The van der Waals surface area contributed by atoms with E-state index in [1.54, 1.807) is 0 Å². The van der Waals surface area contributed by atoms with Crippen molar-refractivity contribution in [2.24, 2.45) is 0 Å². The van der Waals surface area contributed by atoms with E-state index >= 15 is 0 Å². The summed E-state index contributed by atoms with van der Waals surface area (Å²) in [5.74, 6) is 0. The van der Waals surface area contributed by atoms with Crippen molar-refractivity contribution in [2.75, 3.05) is 0 Å². The van der Waals surface area contributed by atoms with Gasteiger partial charge in [-0.2, -0.15) is 0 Å². The number of aromatic nitrogens is 3. The molecule has 0 amide bonds. The topological polar surface area (TPSA) is 22.8 Å². The van der Waals surface area contributed by atoms with Crippen molar-refractivity contribution < 1.29 is 0 Å². The summed E-state index contributed by atoms with van der Waals surface area (Å²) in [6.45, 7) is 3.11. The Bertz CT molecular complexity index is 970. The van der Waals surface area contributed by atoms with Crippen LogP contribution in [-0.2, 0) is 6.54 Å². The number of imidazole rings is 1. The molecule has 0 saturated carbocycles. The Balaban J connectivity index is 1.98. The molecule has 0 fully saturated rings. The Hall–Kier alpha value is -2.52. The van der Waals surface area contributed by atoms with Crippen LogP contribution in [0, 0.1) is 0 Å². The zero-order valence-corrected chi connectivity index (χ0v) is 14.2. The van der Waals surface area contributed by atoms with Gasteiger partial charge in [0, 0.05) is 46.6 Å². The zero-order valence-electron chi connectivity index (χ0n) is 13.4. The van der Waals surface area contributed by atoms with Gasteiger partial charge in [0.05, 0.1) is 12.4 Å². The summed E-state index contributed by atoms with van der Waals surface area (Å²) in [4.78, 5) is 4.25. The summed E-state index contributed by atoms with van der Waals surface area (Å²) in [5, 5.41) is 2.01. The number of rotatable bonds is 4. The molecule has 0 aliphatic carbocycles. The molecule has 0 radical (unpaired) electrons. The lowest BCUT2D eigenvalue weighted by Gasteiger charge is -2.19. The van der Waals surface area contributed by atoms with Gasteiger partial charge in [0.25, 0.3) is 0 Å². The summed E-state index contributed by atoms with van der Waals surface area (Å²) in [5.41, 5.74) is 3.66. The molecule has 0 aliphatic heterocycles. The highest BCUT2D eigenvalue weighted by atomic mass is 35.5. The number of para-hydroxylation sites is 1. The highest BCUT2D eigenvalue weighted by Gasteiger charge is 2.21. The van der Waals surface area contributed by atoms with Gasteiger partial charge in [-0.15, -0.1) is 0 Å². The van der Waals surface area contributed by atoms with Gasteiger partial charge in [0.15, 0.2) is 0 Å². The van der Waals surface area contributed by atoms with E-state index in [1.165, 1.54) is 16.5 Å². The number of benzene rings is 2. The molecule has 120 valence electrons. The van der Waals surface area contributed by atoms with Gasteiger partial charge in [-0.05, 0) is 30.7 Å². The minimum atomic E-state index is 0.0453. The summed E-state index contributed by atoms with van der Waals surface area (Å²) in [6.07, 6.45) is 7.93. The third-order valence-electron chi connectivity index (χ3n) is 4.44. The van der Waals surface area contributed by atoms with E-state index in [9.17, 15) is 0 Å². The summed E-state index contributed by atoms with van der Waals surface area (Å²) in [7, 11) is 0. The number of nitrogens with zero attached hydrogens (tertiary/aromatic N) is 3. The SMILES string of the molecule is CCn1cc(C(c2cccc(Cl)c2)n2ccnc2)c2ccccc21. The van der Waals surface area contributed by atoms with Gasteiger partial charge in [-0.3, -0.25) is 0 Å². The van der Waals surface area contributed by atoms with Gasteiger partial charge in [0.2, 0.25) is 0 Å². The fourth-order valence-corrected chi connectivity index (χ4v) is 3.56. The number of aryl methyl sites for hydroxylation is 1. The molecule has 0 bridgehead atoms. The number of hydrogen-bond donors (Lipinski definition) is 0. The van der Waals surface area contributed by atoms with E-state index in [-0.39, 0.29) is 6.04 Å². The van der Waals surface area contributed by atoms with E-state index in [0.29, 0.717) is 0 Å². The molecule has 4 heteroatoms. The lowest BCUT2D eigenvalue weighted by molar-refractivity contribution is 0.674. The Morgan fingerprint density at radius 3 is 2.75 bits per heavy atom. The first-order chi connectivity index (χ1) is 11.8. The van der Waals surface area contributed by atoms with Crippen molar-refractivity contribution in [3.8, 4) is 0 Å². The van der Waals surface area contributed by atoms with E-state index in [2.05, 4.69) is 57.6 Å². The third-order valence-corrected chi connectivity index (χ3v) is 4.68. The van der Waals surface area contributed by atoms with Crippen molar-refractivity contribution >= 4 is 22.5 Å². The Kier molecular flexibility index (Phi) is 3.87. The molecule has 0 aliphatic rings. The molecule has 0 saturated heterocycles. The van der Waals surface area contributed by atoms with Crippen LogP contribution in [0.2, 0.25) is 5.02 Å². The van der Waals surface area contributed by atoms with E-state index in [4.69, 9.17) is 11.6 Å². The van der Waals surface area contributed by atoms with Crippen LogP contribution >= 0.6 is 11.6 Å². The molecule has 0 N–H and O–H groups in total. The van der Waals surface area contributed by atoms with Crippen LogP contribution < -0.4 is 0 Å². The summed E-state index contributed by atoms with van der Waals surface area (Å²) >= 11 is 6.26. The molecular weight excluding hydrogens is 318 g/mol. The highest BCUT2D eigenvalue weighted by Crippen LogP contribution is 2.34. The highest BCUT2D eigenvalue weighted by molar-refractivity contribution is 6.30. The first-order valence-electron chi connectivity index (χ1n) is 8.08. The van der Waals surface area contributed by atoms with Crippen molar-refractivity contribution in [3.63, 3.8) is 0 Å². The van der Waals surface area contributed by atoms with Gasteiger partial charge >= 0.3 is 0 Å². The lowest BCUT2D eigenvalue weighted by atomic mass is 9.98. The maximum absolute atomic E-state index is 6.26. The predicted molar refractivity (Wildman–Crippen MR) is 98.5 cm³/mol. The molecule has 3 nitrogen and oxygen atoms in total. The minimum Gasteiger partial charge on any atom is -0.347 e. The molecule has 24 heavy (non-hydrogen) atoms. The van der Waals surface area contributed by atoms with Crippen LogP contribution in [0.5, 0.6) is 0 Å². The van der Waals surface area contributed by atoms with Gasteiger partial charge < -0.3 is 9.13 Å². The predicted octanol–water partition coefficient (Wildman–Crippen LogP) is 5.15. The van der Waals surface area contributed by atoms with Crippen LogP contribution in [0.4, 0.5) is 0 Å². The lowest BCUT2D eigenvalue weighted by Crippen LogP contribution is -2.10. The second-order valence-electron chi connectivity index (χ2n) is 5.86. The van der Waals surface area contributed by atoms with E-state index in [1.807, 2.05) is 36.9 Å². The largest absolute Gasteiger partial charge is 0.347 e. The first kappa shape index (κ1) is 15.0. The fraction of sp³-hybridized carbons (Fsp3) is 0.150. The number of fused-ring (bicyclic) bond motifs is 1. The van der Waals surface area contributed by atoms with Crippen molar-refractivity contribution in [1.29, 1.82) is 0 Å². The molecule has 4 aromatic rings. The monoisotopic (exact) mass is 335 g/mol. The van der Waals surface area contributed by atoms with Gasteiger partial charge in [0.1, 0.15) is 0 Å².